The van der Waals surface area contributed by atoms with Gasteiger partial charge in [-0.05, 0) is 29.8 Å². The predicted molar refractivity (Wildman–Crippen MR) is 110 cm³/mol. The van der Waals surface area contributed by atoms with Crippen LogP contribution in [0.15, 0.2) is 47.6 Å². The zero-order chi connectivity index (χ0) is 18.1. The molecule has 27 heavy (non-hydrogen) atoms. The number of aliphatic imine (C=N–C) groups is 1. The Balaban J connectivity index is 0.00000210. The second-order valence-electron chi connectivity index (χ2n) is 6.29. The zero-order valence-electron chi connectivity index (χ0n) is 13.8. The van der Waals surface area contributed by atoms with E-state index >= 15 is 0 Å². The fourth-order valence-electron chi connectivity index (χ4n) is 3.29. The highest BCUT2D eigenvalue weighted by Crippen LogP contribution is 2.44. The first kappa shape index (κ1) is 19.7. The first-order valence-corrected chi connectivity index (χ1v) is 9.52. The van der Waals surface area contributed by atoms with E-state index in [1.807, 2.05) is 24.3 Å². The Kier molecular flexibility index (Phi) is 5.74. The van der Waals surface area contributed by atoms with Crippen LogP contribution < -0.4 is 11.1 Å². The van der Waals surface area contributed by atoms with Crippen molar-refractivity contribution in [1.29, 1.82) is 0 Å². The first-order valence-electron chi connectivity index (χ1n) is 8.16. The summed E-state index contributed by atoms with van der Waals surface area (Å²) in [7, 11) is 0. The Bertz CT molecular complexity index is 874. The van der Waals surface area contributed by atoms with Gasteiger partial charge in [-0.15, -0.1) is 0 Å². The van der Waals surface area contributed by atoms with Crippen LogP contribution in [0.4, 0.5) is 5.69 Å². The lowest BCUT2D eigenvalue weighted by molar-refractivity contribution is 0.102. The first-order chi connectivity index (χ1) is 12.6. The number of aromatic nitrogens is 1. The number of pyridine rings is 1. The van der Waals surface area contributed by atoms with Gasteiger partial charge in [0.15, 0.2) is 5.17 Å². The monoisotopic (exact) mass is 404 g/mol. The summed E-state index contributed by atoms with van der Waals surface area (Å²) in [5.41, 5.74) is 7.48. The Morgan fingerprint density at radius 1 is 1.37 bits per heavy atom. The second-order valence-corrected chi connectivity index (χ2v) is 7.77. The molecule has 1 amide bonds. The molecule has 8 heteroatoms. The van der Waals surface area contributed by atoms with Crippen molar-refractivity contribution in [1.82, 2.24) is 4.98 Å². The molecule has 3 N–H and O–H groups in total. The van der Waals surface area contributed by atoms with E-state index in [0.717, 1.165) is 11.3 Å². The molecule has 0 saturated carbocycles. The summed E-state index contributed by atoms with van der Waals surface area (Å²) in [5.74, 6) is 0.849. The Labute approximate surface area is 167 Å². The zero-order valence-corrected chi connectivity index (χ0v) is 15.4. The molecule has 1 aromatic heterocycles. The van der Waals surface area contributed by atoms with E-state index in [4.69, 9.17) is 27.1 Å². The van der Waals surface area contributed by atoms with Crippen molar-refractivity contribution in [2.75, 3.05) is 24.3 Å². The number of anilines is 1. The van der Waals surface area contributed by atoms with Crippen molar-refractivity contribution in [3.8, 4) is 0 Å². The average Bonchev–Trinajstić information content (AvgIpc) is 3.06. The standard InChI is InChI=1S/C18H17ClN4O2S.CH4/c19-13-4-5-15(21-7-13)16(24)22-14-3-1-2-11(6-14)18-10-25-8-12(18)9-26-17(20)23-18;/h1-7,12H,8-10H2,(H2,20,23)(H,22,24);1H4/t12-,18+;/m0./s1. The maximum absolute atomic E-state index is 12.4. The molecule has 2 aliphatic rings. The highest BCUT2D eigenvalue weighted by atomic mass is 35.5. The summed E-state index contributed by atoms with van der Waals surface area (Å²) >= 11 is 7.38. The fraction of sp³-hybridized carbons (Fsp3) is 0.316. The Morgan fingerprint density at radius 2 is 2.22 bits per heavy atom. The number of rotatable bonds is 3. The molecule has 0 radical (unpaired) electrons. The summed E-state index contributed by atoms with van der Waals surface area (Å²) < 4.78 is 5.71. The molecule has 3 heterocycles. The van der Waals surface area contributed by atoms with Crippen LogP contribution in [0.25, 0.3) is 0 Å². The van der Waals surface area contributed by atoms with Crippen LogP contribution in [0.2, 0.25) is 5.02 Å². The van der Waals surface area contributed by atoms with Gasteiger partial charge in [-0.3, -0.25) is 4.79 Å². The topological polar surface area (TPSA) is 89.6 Å². The summed E-state index contributed by atoms with van der Waals surface area (Å²) in [6.07, 6.45) is 1.45. The SMILES string of the molecule is C.NC1=N[C@@]2(c3cccc(NC(=O)c4ccc(Cl)cn4)c3)COC[C@H]2CS1. The molecule has 0 aliphatic carbocycles. The normalized spacial score (nSPS) is 23.7. The Morgan fingerprint density at radius 3 is 3.00 bits per heavy atom. The minimum Gasteiger partial charge on any atom is -0.379 e. The third-order valence-corrected chi connectivity index (χ3v) is 5.82. The van der Waals surface area contributed by atoms with Gasteiger partial charge in [-0.25, -0.2) is 9.98 Å². The molecule has 0 spiro atoms. The molecule has 0 bridgehead atoms. The van der Waals surface area contributed by atoms with E-state index in [1.54, 1.807) is 23.9 Å². The highest BCUT2D eigenvalue weighted by molar-refractivity contribution is 8.13. The van der Waals surface area contributed by atoms with Gasteiger partial charge in [0.05, 0.1) is 18.2 Å². The maximum Gasteiger partial charge on any atom is 0.274 e. The summed E-state index contributed by atoms with van der Waals surface area (Å²) in [6.45, 7) is 1.16. The number of halogens is 1. The molecule has 6 nitrogen and oxygen atoms in total. The molecule has 1 fully saturated rings. The number of benzene rings is 1. The van der Waals surface area contributed by atoms with Gasteiger partial charge in [-0.2, -0.15) is 0 Å². The highest BCUT2D eigenvalue weighted by Gasteiger charge is 2.47. The van der Waals surface area contributed by atoms with E-state index in [2.05, 4.69) is 10.3 Å². The van der Waals surface area contributed by atoms with E-state index in [-0.39, 0.29) is 19.3 Å². The number of nitrogens with zero attached hydrogens (tertiary/aromatic N) is 2. The number of carbonyl (C=O) groups is 1. The second kappa shape index (κ2) is 7.88. The number of thioether (sulfide) groups is 1. The fourth-order valence-corrected chi connectivity index (χ4v) is 4.38. The van der Waals surface area contributed by atoms with E-state index < -0.39 is 5.54 Å². The van der Waals surface area contributed by atoms with Crippen molar-refractivity contribution in [2.45, 2.75) is 13.0 Å². The van der Waals surface area contributed by atoms with Crippen LogP contribution in [-0.4, -0.2) is 35.0 Å². The molecule has 2 aromatic rings. The van der Waals surface area contributed by atoms with Crippen molar-refractivity contribution >= 4 is 40.1 Å². The van der Waals surface area contributed by atoms with Crippen LogP contribution >= 0.6 is 23.4 Å². The molecule has 2 atom stereocenters. The lowest BCUT2D eigenvalue weighted by Crippen LogP contribution is -2.39. The molecule has 1 saturated heterocycles. The van der Waals surface area contributed by atoms with E-state index in [0.29, 0.717) is 34.8 Å². The molecule has 0 unspecified atom stereocenters. The van der Waals surface area contributed by atoms with Crippen molar-refractivity contribution in [3.63, 3.8) is 0 Å². The lowest BCUT2D eigenvalue weighted by atomic mass is 9.81. The molecule has 1 aromatic carbocycles. The van der Waals surface area contributed by atoms with Gasteiger partial charge in [0, 0.05) is 23.6 Å². The summed E-state index contributed by atoms with van der Waals surface area (Å²) in [5, 5.41) is 3.94. The largest absolute Gasteiger partial charge is 0.379 e. The predicted octanol–water partition coefficient (Wildman–Crippen LogP) is 3.53. The number of amides is 1. The smallest absolute Gasteiger partial charge is 0.274 e. The minimum atomic E-state index is -0.478. The molecular formula is C19H21ClN4O2S. The van der Waals surface area contributed by atoms with Gasteiger partial charge in [0.1, 0.15) is 11.2 Å². The van der Waals surface area contributed by atoms with Crippen LogP contribution in [0.3, 0.4) is 0 Å². The quantitative estimate of drug-likeness (QED) is 0.816. The Hall–Kier alpha value is -2.09. The van der Waals surface area contributed by atoms with Gasteiger partial charge in [0.2, 0.25) is 0 Å². The summed E-state index contributed by atoms with van der Waals surface area (Å²) in [4.78, 5) is 21.2. The lowest BCUT2D eigenvalue weighted by Gasteiger charge is -2.34. The number of fused-ring (bicyclic) bond motifs is 1. The number of hydrogen-bond donors (Lipinski definition) is 2. The van der Waals surface area contributed by atoms with Crippen molar-refractivity contribution in [2.24, 2.45) is 16.6 Å². The number of nitrogens with one attached hydrogen (secondary N) is 1. The van der Waals surface area contributed by atoms with Gasteiger partial charge < -0.3 is 15.8 Å². The van der Waals surface area contributed by atoms with Gasteiger partial charge in [0.25, 0.3) is 5.91 Å². The van der Waals surface area contributed by atoms with Crippen molar-refractivity contribution < 1.29 is 9.53 Å². The number of ether oxygens (including phenoxy) is 1. The van der Waals surface area contributed by atoms with Gasteiger partial charge in [-0.1, -0.05) is 42.9 Å². The minimum absolute atomic E-state index is 0. The van der Waals surface area contributed by atoms with Gasteiger partial charge >= 0.3 is 0 Å². The molecule has 142 valence electrons. The van der Waals surface area contributed by atoms with Crippen molar-refractivity contribution in [3.05, 3.63) is 58.9 Å². The van der Waals surface area contributed by atoms with Crippen LogP contribution in [0.5, 0.6) is 0 Å². The number of hydrogen-bond acceptors (Lipinski definition) is 6. The van der Waals surface area contributed by atoms with Crippen LogP contribution in [-0.2, 0) is 10.3 Å². The van der Waals surface area contributed by atoms with E-state index in [9.17, 15) is 4.79 Å². The molecular weight excluding hydrogens is 384 g/mol. The van der Waals surface area contributed by atoms with Crippen LogP contribution in [0, 0.1) is 5.92 Å². The summed E-state index contributed by atoms with van der Waals surface area (Å²) in [6, 6.07) is 10.9. The average molecular weight is 405 g/mol. The number of nitrogens with two attached hydrogens (primary N) is 1. The maximum atomic E-state index is 12.4. The molecule has 4 rings (SSSR count). The third kappa shape index (κ3) is 3.81. The third-order valence-electron chi connectivity index (χ3n) is 4.64. The number of carbonyl (C=O) groups excluding carboxylic acids is 1. The molecule has 2 aliphatic heterocycles. The van der Waals surface area contributed by atoms with E-state index in [1.165, 1.54) is 6.20 Å². The van der Waals surface area contributed by atoms with Crippen LogP contribution in [0.1, 0.15) is 23.5 Å². The number of amidine groups is 1.